The molecule has 2 amide bonds. The zero-order valence-corrected chi connectivity index (χ0v) is 19.2. The van der Waals surface area contributed by atoms with Crippen LogP contribution in [0.5, 0.6) is 0 Å². The monoisotopic (exact) mass is 484 g/mol. The van der Waals surface area contributed by atoms with Crippen molar-refractivity contribution in [3.8, 4) is 6.07 Å². The van der Waals surface area contributed by atoms with E-state index >= 15 is 0 Å². The van der Waals surface area contributed by atoms with Crippen LogP contribution in [0.2, 0.25) is 0 Å². The first-order valence-electron chi connectivity index (χ1n) is 10.2. The van der Waals surface area contributed by atoms with E-state index in [4.69, 9.17) is 4.42 Å². The van der Waals surface area contributed by atoms with Crippen LogP contribution in [0, 0.1) is 11.3 Å². The minimum atomic E-state index is -0.547. The highest BCUT2D eigenvalue weighted by molar-refractivity contribution is 7.08. The Morgan fingerprint density at radius 3 is 2.29 bits per heavy atom. The molecule has 0 bridgehead atoms. The number of nitriles is 1. The summed E-state index contributed by atoms with van der Waals surface area (Å²) in [5, 5.41) is 21.0. The number of benzene rings is 1. The van der Waals surface area contributed by atoms with Gasteiger partial charge in [0.2, 0.25) is 0 Å². The van der Waals surface area contributed by atoms with Crippen LogP contribution in [0.25, 0.3) is 10.9 Å². The summed E-state index contributed by atoms with van der Waals surface area (Å²) in [5.41, 5.74) is 1.80. The van der Waals surface area contributed by atoms with Crippen molar-refractivity contribution in [1.29, 1.82) is 5.26 Å². The molecule has 0 spiro atoms. The van der Waals surface area contributed by atoms with Crippen LogP contribution in [0.15, 0.2) is 80.7 Å². The Kier molecular flexibility index (Phi) is 5.91. The maximum atomic E-state index is 13.5. The standard InChI is InChI=1S/C25H16N4O3S2/c26-12-20-22(27-13-18-4-3-9-32-18)19-5-1-2-6-21(19)28-23(20)29(24(30)16-7-10-33-14-16)25(31)17-8-11-34-15-17/h1-11,14-15H,13H2,(H,27,28). The topological polar surface area (TPSA) is 99.2 Å². The van der Waals surface area contributed by atoms with Crippen LogP contribution >= 0.6 is 22.7 Å². The fraction of sp³-hybridized carbons (Fsp3) is 0.0400. The maximum absolute atomic E-state index is 13.5. The summed E-state index contributed by atoms with van der Waals surface area (Å²) in [5.74, 6) is -0.440. The molecule has 4 heterocycles. The largest absolute Gasteiger partial charge is 0.467 e. The predicted molar refractivity (Wildman–Crippen MR) is 132 cm³/mol. The van der Waals surface area contributed by atoms with E-state index < -0.39 is 11.8 Å². The van der Waals surface area contributed by atoms with Gasteiger partial charge in [0.25, 0.3) is 11.8 Å². The third-order valence-corrected chi connectivity index (χ3v) is 6.53. The predicted octanol–water partition coefficient (Wildman–Crippen LogP) is 5.92. The van der Waals surface area contributed by atoms with Crippen LogP contribution < -0.4 is 10.2 Å². The molecule has 34 heavy (non-hydrogen) atoms. The Hall–Kier alpha value is -4.26. The van der Waals surface area contributed by atoms with Gasteiger partial charge in [-0.05, 0) is 41.1 Å². The molecule has 0 atom stereocenters. The highest BCUT2D eigenvalue weighted by Gasteiger charge is 2.32. The average Bonchev–Trinajstić information content (AvgIpc) is 3.65. The van der Waals surface area contributed by atoms with Gasteiger partial charge < -0.3 is 9.73 Å². The molecule has 5 rings (SSSR count). The van der Waals surface area contributed by atoms with Gasteiger partial charge in [-0.3, -0.25) is 9.59 Å². The summed E-state index contributed by atoms with van der Waals surface area (Å²) in [4.78, 5) is 32.7. The van der Waals surface area contributed by atoms with Crippen molar-refractivity contribution in [3.63, 3.8) is 0 Å². The zero-order chi connectivity index (χ0) is 23.5. The van der Waals surface area contributed by atoms with Crippen molar-refractivity contribution >= 4 is 56.9 Å². The van der Waals surface area contributed by atoms with Gasteiger partial charge in [0.1, 0.15) is 17.4 Å². The first-order valence-corrected chi connectivity index (χ1v) is 12.1. The highest BCUT2D eigenvalue weighted by Crippen LogP contribution is 2.35. The number of anilines is 2. The second-order valence-electron chi connectivity index (χ2n) is 7.22. The molecule has 4 aromatic heterocycles. The number of hydrogen-bond donors (Lipinski definition) is 1. The van der Waals surface area contributed by atoms with Crippen molar-refractivity contribution in [2.45, 2.75) is 6.54 Å². The van der Waals surface area contributed by atoms with E-state index in [1.165, 1.54) is 22.7 Å². The molecule has 0 aliphatic rings. The van der Waals surface area contributed by atoms with E-state index in [1.807, 2.05) is 24.3 Å². The molecular weight excluding hydrogens is 468 g/mol. The van der Waals surface area contributed by atoms with Gasteiger partial charge in [0, 0.05) is 16.1 Å². The van der Waals surface area contributed by atoms with Gasteiger partial charge in [-0.15, -0.1) is 0 Å². The minimum absolute atomic E-state index is 0.0180. The number of nitrogens with zero attached hydrogens (tertiary/aromatic N) is 3. The summed E-state index contributed by atoms with van der Waals surface area (Å²) >= 11 is 2.69. The Balaban J connectivity index is 1.71. The van der Waals surface area contributed by atoms with Gasteiger partial charge in [-0.2, -0.15) is 27.9 Å². The Morgan fingerprint density at radius 2 is 1.71 bits per heavy atom. The normalized spacial score (nSPS) is 10.7. The van der Waals surface area contributed by atoms with Gasteiger partial charge in [-0.25, -0.2) is 9.88 Å². The number of aromatic nitrogens is 1. The number of hydrogen-bond acceptors (Lipinski definition) is 8. The molecule has 0 saturated carbocycles. The molecule has 0 unspecified atom stereocenters. The first kappa shape index (κ1) is 21.6. The molecule has 0 aliphatic heterocycles. The summed E-state index contributed by atoms with van der Waals surface area (Å²) in [6.07, 6.45) is 1.57. The molecule has 9 heteroatoms. The van der Waals surface area contributed by atoms with Crippen molar-refractivity contribution in [2.24, 2.45) is 0 Å². The molecule has 1 aromatic carbocycles. The summed E-state index contributed by atoms with van der Waals surface area (Å²) < 4.78 is 5.42. The lowest BCUT2D eigenvalue weighted by Crippen LogP contribution is -2.38. The summed E-state index contributed by atoms with van der Waals surface area (Å²) in [6, 6.07) is 16.3. The lowest BCUT2D eigenvalue weighted by Gasteiger charge is -2.23. The number of pyridine rings is 1. The van der Waals surface area contributed by atoms with Crippen LogP contribution in [-0.2, 0) is 6.54 Å². The van der Waals surface area contributed by atoms with Gasteiger partial charge >= 0.3 is 0 Å². The number of imide groups is 1. The minimum Gasteiger partial charge on any atom is -0.467 e. The lowest BCUT2D eigenvalue weighted by molar-refractivity contribution is 0.0897. The Morgan fingerprint density at radius 1 is 1.00 bits per heavy atom. The van der Waals surface area contributed by atoms with Gasteiger partial charge in [-0.1, -0.05) is 18.2 Å². The third kappa shape index (κ3) is 3.96. The molecule has 7 nitrogen and oxygen atoms in total. The van der Waals surface area contributed by atoms with Crippen LogP contribution in [0.1, 0.15) is 32.0 Å². The quantitative estimate of drug-likeness (QED) is 0.300. The number of nitrogens with one attached hydrogen (secondary N) is 1. The molecular formula is C25H16N4O3S2. The van der Waals surface area contributed by atoms with Crippen LogP contribution in [-0.4, -0.2) is 16.8 Å². The fourth-order valence-corrected chi connectivity index (χ4v) is 4.81. The smallest absolute Gasteiger partial charge is 0.267 e. The van der Waals surface area contributed by atoms with E-state index in [-0.39, 0.29) is 11.4 Å². The number of fused-ring (bicyclic) bond motifs is 1. The van der Waals surface area contributed by atoms with Gasteiger partial charge in [0.15, 0.2) is 5.82 Å². The SMILES string of the molecule is N#Cc1c(N(C(=O)c2ccsc2)C(=O)c2ccsc2)nc2ccccc2c1NCc1ccco1. The molecule has 0 saturated heterocycles. The molecule has 5 aromatic rings. The van der Waals surface area contributed by atoms with Crippen LogP contribution in [0.3, 0.4) is 0 Å². The van der Waals surface area contributed by atoms with E-state index in [9.17, 15) is 14.9 Å². The molecule has 0 aliphatic carbocycles. The van der Waals surface area contributed by atoms with Crippen molar-refractivity contribution in [1.82, 2.24) is 4.98 Å². The first-order chi connectivity index (χ1) is 16.7. The van der Waals surface area contributed by atoms with Crippen molar-refractivity contribution < 1.29 is 14.0 Å². The van der Waals surface area contributed by atoms with E-state index in [2.05, 4.69) is 16.4 Å². The summed E-state index contributed by atoms with van der Waals surface area (Å²) in [7, 11) is 0. The van der Waals surface area contributed by atoms with E-state index in [0.29, 0.717) is 40.0 Å². The number of rotatable bonds is 6. The van der Waals surface area contributed by atoms with E-state index in [0.717, 1.165) is 4.90 Å². The average molecular weight is 485 g/mol. The fourth-order valence-electron chi connectivity index (χ4n) is 3.55. The second kappa shape index (κ2) is 9.31. The zero-order valence-electron chi connectivity index (χ0n) is 17.6. The number of carbonyl (C=O) groups excluding carboxylic acids is 2. The molecule has 166 valence electrons. The summed E-state index contributed by atoms with van der Waals surface area (Å²) in [6.45, 7) is 0.312. The second-order valence-corrected chi connectivity index (χ2v) is 8.78. The number of furan rings is 1. The molecule has 0 fully saturated rings. The number of para-hydroxylation sites is 1. The van der Waals surface area contributed by atoms with Crippen molar-refractivity contribution in [2.75, 3.05) is 10.2 Å². The van der Waals surface area contributed by atoms with Gasteiger partial charge in [0.05, 0.1) is 35.1 Å². The van der Waals surface area contributed by atoms with E-state index in [1.54, 1.807) is 52.0 Å². The molecule has 1 N–H and O–H groups in total. The Labute approximate surface area is 202 Å². The number of carbonyl (C=O) groups is 2. The Bertz CT molecular complexity index is 1460. The number of amides is 2. The highest BCUT2D eigenvalue weighted by atomic mass is 32.1. The maximum Gasteiger partial charge on any atom is 0.267 e. The van der Waals surface area contributed by atoms with Crippen LogP contribution in [0.4, 0.5) is 11.5 Å². The number of thiophene rings is 2. The third-order valence-electron chi connectivity index (χ3n) is 5.16. The molecule has 0 radical (unpaired) electrons. The lowest BCUT2D eigenvalue weighted by atomic mass is 10.1. The van der Waals surface area contributed by atoms with Crippen molar-refractivity contribution in [3.05, 3.63) is 98.8 Å².